The largest absolute Gasteiger partial charge is 0.378 e. The van der Waals surface area contributed by atoms with E-state index in [4.69, 9.17) is 0 Å². The number of hydrogen-bond donors (Lipinski definition) is 1. The molecular formula is C25H26N2O. The van der Waals surface area contributed by atoms with Crippen molar-refractivity contribution in [3.8, 4) is 0 Å². The lowest BCUT2D eigenvalue weighted by molar-refractivity contribution is 0.0973. The van der Waals surface area contributed by atoms with E-state index in [-0.39, 0.29) is 18.0 Å². The maximum absolute atomic E-state index is 13.5. The summed E-state index contributed by atoms with van der Waals surface area (Å²) in [7, 11) is 0. The highest BCUT2D eigenvalue weighted by Gasteiger charge is 2.35. The van der Waals surface area contributed by atoms with Crippen LogP contribution in [0.15, 0.2) is 72.8 Å². The molecule has 0 radical (unpaired) electrons. The third-order valence-corrected chi connectivity index (χ3v) is 5.61. The van der Waals surface area contributed by atoms with E-state index in [1.165, 1.54) is 5.56 Å². The lowest BCUT2D eigenvalue weighted by atomic mass is 9.88. The second-order valence-corrected chi connectivity index (χ2v) is 7.65. The van der Waals surface area contributed by atoms with Crippen LogP contribution in [0.2, 0.25) is 0 Å². The molecule has 1 aliphatic rings. The maximum Gasteiger partial charge on any atom is 0.258 e. The normalized spacial score (nSPS) is 18.5. The molecule has 0 bridgehead atoms. The summed E-state index contributed by atoms with van der Waals surface area (Å²) in [4.78, 5) is 15.5. The minimum absolute atomic E-state index is 0.0827. The molecule has 0 unspecified atom stereocenters. The summed E-state index contributed by atoms with van der Waals surface area (Å²) in [5, 5.41) is 3.67. The summed E-state index contributed by atoms with van der Waals surface area (Å²) in [6, 6.07) is 24.7. The lowest BCUT2D eigenvalue weighted by Crippen LogP contribution is -2.45. The zero-order valence-electron chi connectivity index (χ0n) is 16.6. The number of rotatable bonds is 3. The Bertz CT molecular complexity index is 996. The minimum atomic E-state index is 0.0827. The lowest BCUT2D eigenvalue weighted by Gasteiger charge is -2.41. The molecule has 1 heterocycles. The van der Waals surface area contributed by atoms with Crippen molar-refractivity contribution in [3.05, 3.63) is 95.1 Å². The predicted octanol–water partition coefficient (Wildman–Crippen LogP) is 5.90. The number of nitrogens with one attached hydrogen (secondary N) is 1. The van der Waals surface area contributed by atoms with E-state index < -0.39 is 0 Å². The van der Waals surface area contributed by atoms with Crippen molar-refractivity contribution in [2.24, 2.45) is 0 Å². The van der Waals surface area contributed by atoms with Crippen LogP contribution in [0.3, 0.4) is 0 Å². The van der Waals surface area contributed by atoms with Gasteiger partial charge >= 0.3 is 0 Å². The number of fused-ring (bicyclic) bond motifs is 1. The molecule has 4 rings (SSSR count). The molecule has 3 aromatic rings. The number of nitrogens with zero attached hydrogens (tertiary/aromatic N) is 1. The highest BCUT2D eigenvalue weighted by atomic mass is 16.2. The van der Waals surface area contributed by atoms with Crippen LogP contribution in [0.5, 0.6) is 0 Å². The van der Waals surface area contributed by atoms with E-state index in [0.29, 0.717) is 0 Å². The monoisotopic (exact) mass is 370 g/mol. The van der Waals surface area contributed by atoms with Gasteiger partial charge in [0, 0.05) is 17.3 Å². The third kappa shape index (κ3) is 3.29. The molecule has 1 aliphatic heterocycles. The van der Waals surface area contributed by atoms with Crippen molar-refractivity contribution in [2.75, 3.05) is 10.2 Å². The molecule has 1 amide bonds. The Balaban J connectivity index is 1.76. The molecule has 28 heavy (non-hydrogen) atoms. The number of para-hydroxylation sites is 2. The Kier molecular flexibility index (Phi) is 4.91. The van der Waals surface area contributed by atoms with Gasteiger partial charge in [0.15, 0.2) is 0 Å². The summed E-state index contributed by atoms with van der Waals surface area (Å²) in [6.07, 6.45) is 0.864. The van der Waals surface area contributed by atoms with Gasteiger partial charge in [0.25, 0.3) is 5.91 Å². The third-order valence-electron chi connectivity index (χ3n) is 5.61. The molecule has 1 N–H and O–H groups in total. The van der Waals surface area contributed by atoms with Crippen LogP contribution in [0, 0.1) is 13.8 Å². The molecule has 0 fully saturated rings. The molecule has 3 nitrogen and oxygen atoms in total. The summed E-state index contributed by atoms with van der Waals surface area (Å²) < 4.78 is 0. The Hall–Kier alpha value is -3.07. The molecular weight excluding hydrogens is 344 g/mol. The van der Waals surface area contributed by atoms with Crippen LogP contribution in [0.1, 0.15) is 46.4 Å². The van der Waals surface area contributed by atoms with Gasteiger partial charge in [0.05, 0.1) is 11.7 Å². The molecule has 3 aromatic carbocycles. The van der Waals surface area contributed by atoms with Crippen molar-refractivity contribution in [2.45, 2.75) is 39.3 Å². The Morgan fingerprint density at radius 2 is 1.57 bits per heavy atom. The van der Waals surface area contributed by atoms with Crippen LogP contribution in [0.4, 0.5) is 11.4 Å². The van der Waals surface area contributed by atoms with Crippen LogP contribution >= 0.6 is 0 Å². The average molecular weight is 370 g/mol. The van der Waals surface area contributed by atoms with Crippen molar-refractivity contribution in [1.29, 1.82) is 0 Å². The SMILES string of the molecule is Cc1ccccc1C(=O)N1c2c(C)cccc2[C@H](Nc2ccccc2)C[C@@H]1C. The van der Waals surface area contributed by atoms with E-state index in [0.717, 1.165) is 34.5 Å². The number of anilines is 2. The number of carbonyl (C=O) groups excluding carboxylic acids is 1. The fraction of sp³-hybridized carbons (Fsp3) is 0.240. The van der Waals surface area contributed by atoms with Crippen molar-refractivity contribution in [3.63, 3.8) is 0 Å². The fourth-order valence-corrected chi connectivity index (χ4v) is 4.20. The summed E-state index contributed by atoms with van der Waals surface area (Å²) in [6.45, 7) is 6.24. The second kappa shape index (κ2) is 7.51. The quantitative estimate of drug-likeness (QED) is 0.623. The Morgan fingerprint density at radius 3 is 2.32 bits per heavy atom. The van der Waals surface area contributed by atoms with Gasteiger partial charge in [-0.1, -0.05) is 54.6 Å². The molecule has 2 atom stereocenters. The number of carbonyl (C=O) groups is 1. The van der Waals surface area contributed by atoms with Gasteiger partial charge < -0.3 is 10.2 Å². The van der Waals surface area contributed by atoms with Crippen molar-refractivity contribution in [1.82, 2.24) is 0 Å². The second-order valence-electron chi connectivity index (χ2n) is 7.65. The molecule has 0 aliphatic carbocycles. The fourth-order valence-electron chi connectivity index (χ4n) is 4.20. The van der Waals surface area contributed by atoms with E-state index in [2.05, 4.69) is 49.5 Å². The van der Waals surface area contributed by atoms with Crippen LogP contribution in [0.25, 0.3) is 0 Å². The van der Waals surface area contributed by atoms with Gasteiger partial charge in [-0.25, -0.2) is 0 Å². The first kappa shape index (κ1) is 18.3. The zero-order chi connectivity index (χ0) is 19.7. The smallest absolute Gasteiger partial charge is 0.258 e. The van der Waals surface area contributed by atoms with Crippen LogP contribution in [-0.2, 0) is 0 Å². The van der Waals surface area contributed by atoms with E-state index >= 15 is 0 Å². The van der Waals surface area contributed by atoms with E-state index in [9.17, 15) is 4.79 Å². The highest BCUT2D eigenvalue weighted by Crippen LogP contribution is 2.41. The molecule has 0 saturated carbocycles. The molecule has 3 heteroatoms. The van der Waals surface area contributed by atoms with Crippen molar-refractivity contribution >= 4 is 17.3 Å². The Morgan fingerprint density at radius 1 is 0.893 bits per heavy atom. The number of hydrogen-bond acceptors (Lipinski definition) is 2. The first-order chi connectivity index (χ1) is 13.6. The zero-order valence-corrected chi connectivity index (χ0v) is 16.6. The topological polar surface area (TPSA) is 32.3 Å². The van der Waals surface area contributed by atoms with Gasteiger partial charge in [-0.3, -0.25) is 4.79 Å². The average Bonchev–Trinajstić information content (AvgIpc) is 2.69. The number of amides is 1. The summed E-state index contributed by atoms with van der Waals surface area (Å²) in [5.74, 6) is 0.0827. The molecule has 0 saturated heterocycles. The first-order valence-corrected chi connectivity index (χ1v) is 9.86. The van der Waals surface area contributed by atoms with E-state index in [1.54, 1.807) is 0 Å². The molecule has 142 valence electrons. The first-order valence-electron chi connectivity index (χ1n) is 9.86. The van der Waals surface area contributed by atoms with Crippen LogP contribution < -0.4 is 10.2 Å². The molecule has 0 spiro atoms. The number of benzene rings is 3. The van der Waals surface area contributed by atoms with E-state index in [1.807, 2.05) is 54.3 Å². The molecule has 0 aromatic heterocycles. The van der Waals surface area contributed by atoms with Gasteiger partial charge in [-0.05, 0) is 62.1 Å². The predicted molar refractivity (Wildman–Crippen MR) is 116 cm³/mol. The van der Waals surface area contributed by atoms with Crippen LogP contribution in [-0.4, -0.2) is 11.9 Å². The maximum atomic E-state index is 13.5. The minimum Gasteiger partial charge on any atom is -0.378 e. The van der Waals surface area contributed by atoms with Gasteiger partial charge in [0.2, 0.25) is 0 Å². The highest BCUT2D eigenvalue weighted by molar-refractivity contribution is 6.08. The number of aryl methyl sites for hydroxylation is 2. The summed E-state index contributed by atoms with van der Waals surface area (Å²) >= 11 is 0. The van der Waals surface area contributed by atoms with Gasteiger partial charge in [-0.2, -0.15) is 0 Å². The Labute approximate surface area is 167 Å². The summed E-state index contributed by atoms with van der Waals surface area (Å²) in [5.41, 5.74) is 6.25. The van der Waals surface area contributed by atoms with Crippen molar-refractivity contribution < 1.29 is 4.79 Å². The standard InChI is InChI=1S/C25H26N2O/c1-17-10-7-8-14-21(17)25(28)27-19(3)16-23(26-20-12-5-4-6-13-20)22-15-9-11-18(2)24(22)27/h4-15,19,23,26H,16H2,1-3H3/t19-,23+/m0/s1. The van der Waals surface area contributed by atoms with Gasteiger partial charge in [-0.15, -0.1) is 0 Å². The van der Waals surface area contributed by atoms with Gasteiger partial charge in [0.1, 0.15) is 0 Å².